The smallest absolute Gasteiger partial charge is 0.409 e. The monoisotopic (exact) mass is 413 g/mol. The van der Waals surface area contributed by atoms with Gasteiger partial charge in [-0.2, -0.15) is 5.10 Å². The highest BCUT2D eigenvalue weighted by molar-refractivity contribution is 6.04. The minimum absolute atomic E-state index is 0.118. The number of fused-ring (bicyclic) bond motifs is 1. The summed E-state index contributed by atoms with van der Waals surface area (Å²) in [5.41, 5.74) is 1.34. The van der Waals surface area contributed by atoms with Gasteiger partial charge in [-0.3, -0.25) is 14.8 Å². The molecule has 8 nitrogen and oxygen atoms in total. The van der Waals surface area contributed by atoms with Crippen LogP contribution in [0.3, 0.4) is 0 Å². The molecule has 8 heteroatoms. The van der Waals surface area contributed by atoms with E-state index in [1.807, 2.05) is 36.1 Å². The highest BCUT2D eigenvalue weighted by Crippen LogP contribution is 2.24. The lowest BCUT2D eigenvalue weighted by atomic mass is 9.94. The number of benzene rings is 1. The van der Waals surface area contributed by atoms with Crippen molar-refractivity contribution in [1.29, 1.82) is 0 Å². The average molecular weight is 414 g/mol. The normalized spacial score (nSPS) is 21.0. The van der Waals surface area contributed by atoms with Gasteiger partial charge in [-0.15, -0.1) is 0 Å². The zero-order chi connectivity index (χ0) is 20.9. The Morgan fingerprint density at radius 3 is 2.80 bits per heavy atom. The molecule has 3 heterocycles. The summed E-state index contributed by atoms with van der Waals surface area (Å²) in [5.74, 6) is 0.323. The van der Waals surface area contributed by atoms with Crippen molar-refractivity contribution in [1.82, 2.24) is 25.3 Å². The third-order valence-corrected chi connectivity index (χ3v) is 6.29. The maximum atomic E-state index is 12.6. The molecule has 0 aliphatic carbocycles. The fourth-order valence-electron chi connectivity index (χ4n) is 4.68. The first kappa shape index (κ1) is 20.7. The number of amides is 2. The van der Waals surface area contributed by atoms with E-state index >= 15 is 0 Å². The SMILES string of the molecule is CCOC(=O)N1CCC(N2CCCC(CNC(=O)c3n[nH]c4ccccc34)C2)CC1. The number of carbonyl (C=O) groups is 2. The third-order valence-electron chi connectivity index (χ3n) is 6.29. The Balaban J connectivity index is 1.26. The lowest BCUT2D eigenvalue weighted by Crippen LogP contribution is -2.50. The summed E-state index contributed by atoms with van der Waals surface area (Å²) in [7, 11) is 0. The van der Waals surface area contributed by atoms with Gasteiger partial charge < -0.3 is 15.0 Å². The third kappa shape index (κ3) is 4.59. The minimum Gasteiger partial charge on any atom is -0.450 e. The summed E-state index contributed by atoms with van der Waals surface area (Å²) in [5, 5.41) is 11.1. The molecular weight excluding hydrogens is 382 g/mol. The molecule has 0 saturated carbocycles. The summed E-state index contributed by atoms with van der Waals surface area (Å²) < 4.78 is 5.12. The van der Waals surface area contributed by atoms with Gasteiger partial charge in [-0.25, -0.2) is 4.79 Å². The molecule has 2 N–H and O–H groups in total. The quantitative estimate of drug-likeness (QED) is 0.786. The number of nitrogens with one attached hydrogen (secondary N) is 2. The molecule has 1 unspecified atom stereocenters. The maximum absolute atomic E-state index is 12.6. The molecule has 1 aromatic carbocycles. The van der Waals surface area contributed by atoms with Crippen LogP contribution in [-0.4, -0.2) is 77.4 Å². The molecule has 0 radical (unpaired) electrons. The Morgan fingerprint density at radius 2 is 2.00 bits per heavy atom. The highest BCUT2D eigenvalue weighted by Gasteiger charge is 2.30. The summed E-state index contributed by atoms with van der Waals surface area (Å²) in [6.45, 7) is 6.53. The lowest BCUT2D eigenvalue weighted by Gasteiger charge is -2.42. The molecule has 1 aromatic heterocycles. The van der Waals surface area contributed by atoms with Gasteiger partial charge in [0.1, 0.15) is 0 Å². The Morgan fingerprint density at radius 1 is 1.20 bits per heavy atom. The minimum atomic E-state index is -0.193. The molecule has 2 aliphatic heterocycles. The first-order valence-corrected chi connectivity index (χ1v) is 11.0. The zero-order valence-electron chi connectivity index (χ0n) is 17.6. The van der Waals surface area contributed by atoms with Crippen LogP contribution in [0.2, 0.25) is 0 Å². The molecule has 0 spiro atoms. The number of hydrogen-bond acceptors (Lipinski definition) is 5. The first-order chi connectivity index (χ1) is 14.7. The number of nitrogens with zero attached hydrogens (tertiary/aromatic N) is 3. The number of rotatable bonds is 5. The predicted octanol–water partition coefficient (Wildman–Crippen LogP) is 2.63. The first-order valence-electron chi connectivity index (χ1n) is 11.0. The largest absolute Gasteiger partial charge is 0.450 e. The fraction of sp³-hybridized carbons (Fsp3) is 0.591. The van der Waals surface area contributed by atoms with Crippen molar-refractivity contribution in [3.8, 4) is 0 Å². The van der Waals surface area contributed by atoms with E-state index in [0.717, 1.165) is 62.8 Å². The average Bonchev–Trinajstić information content (AvgIpc) is 3.22. The molecule has 2 fully saturated rings. The van der Waals surface area contributed by atoms with Crippen molar-refractivity contribution in [2.75, 3.05) is 39.3 Å². The van der Waals surface area contributed by atoms with E-state index in [1.165, 1.54) is 0 Å². The van der Waals surface area contributed by atoms with Crippen molar-refractivity contribution in [2.24, 2.45) is 5.92 Å². The Labute approximate surface area is 176 Å². The van der Waals surface area contributed by atoms with Gasteiger partial charge >= 0.3 is 6.09 Å². The van der Waals surface area contributed by atoms with Crippen molar-refractivity contribution in [2.45, 2.75) is 38.6 Å². The van der Waals surface area contributed by atoms with E-state index in [1.54, 1.807) is 0 Å². The van der Waals surface area contributed by atoms with Gasteiger partial charge in [0.15, 0.2) is 5.69 Å². The highest BCUT2D eigenvalue weighted by atomic mass is 16.6. The van der Waals surface area contributed by atoms with E-state index < -0.39 is 0 Å². The van der Waals surface area contributed by atoms with Crippen LogP contribution in [0, 0.1) is 5.92 Å². The second-order valence-corrected chi connectivity index (χ2v) is 8.25. The zero-order valence-corrected chi connectivity index (χ0v) is 17.6. The number of aromatic amines is 1. The van der Waals surface area contributed by atoms with Crippen LogP contribution >= 0.6 is 0 Å². The maximum Gasteiger partial charge on any atom is 0.409 e. The number of carbonyl (C=O) groups excluding carboxylic acids is 2. The van der Waals surface area contributed by atoms with Crippen LogP contribution in [-0.2, 0) is 4.74 Å². The van der Waals surface area contributed by atoms with Crippen molar-refractivity contribution in [3.63, 3.8) is 0 Å². The van der Waals surface area contributed by atoms with E-state index in [4.69, 9.17) is 4.74 Å². The number of likely N-dealkylation sites (tertiary alicyclic amines) is 2. The van der Waals surface area contributed by atoms with E-state index in [-0.39, 0.29) is 12.0 Å². The van der Waals surface area contributed by atoms with Gasteiger partial charge in [-0.05, 0) is 51.1 Å². The number of ether oxygens (including phenoxy) is 1. The number of hydrogen-bond donors (Lipinski definition) is 2. The summed E-state index contributed by atoms with van der Waals surface area (Å²) in [6.07, 6.45) is 4.04. The predicted molar refractivity (Wildman–Crippen MR) is 114 cm³/mol. The van der Waals surface area contributed by atoms with Crippen molar-refractivity contribution >= 4 is 22.9 Å². The molecule has 2 aromatic rings. The number of H-pyrrole nitrogens is 1. The molecule has 2 saturated heterocycles. The number of piperidine rings is 2. The molecule has 162 valence electrons. The Hall–Kier alpha value is -2.61. The summed E-state index contributed by atoms with van der Waals surface area (Å²) in [4.78, 5) is 28.9. The molecule has 4 rings (SSSR count). The van der Waals surface area contributed by atoms with Crippen LogP contribution in [0.1, 0.15) is 43.1 Å². The second kappa shape index (κ2) is 9.47. The second-order valence-electron chi connectivity index (χ2n) is 8.25. The van der Waals surface area contributed by atoms with Gasteiger partial charge in [0, 0.05) is 37.6 Å². The topological polar surface area (TPSA) is 90.6 Å². The van der Waals surface area contributed by atoms with E-state index in [0.29, 0.717) is 30.8 Å². The van der Waals surface area contributed by atoms with E-state index in [2.05, 4.69) is 20.4 Å². The van der Waals surface area contributed by atoms with Gasteiger partial charge in [0.2, 0.25) is 0 Å². The Bertz CT molecular complexity index is 875. The molecule has 30 heavy (non-hydrogen) atoms. The Kier molecular flexibility index (Phi) is 6.52. The van der Waals surface area contributed by atoms with E-state index in [9.17, 15) is 9.59 Å². The van der Waals surface area contributed by atoms with Crippen LogP contribution in [0.25, 0.3) is 10.9 Å². The molecule has 1 atom stereocenters. The van der Waals surface area contributed by atoms with Crippen LogP contribution in [0.5, 0.6) is 0 Å². The molecule has 2 amide bonds. The van der Waals surface area contributed by atoms with Gasteiger partial charge in [-0.1, -0.05) is 18.2 Å². The van der Waals surface area contributed by atoms with Crippen LogP contribution < -0.4 is 5.32 Å². The van der Waals surface area contributed by atoms with Crippen LogP contribution in [0.4, 0.5) is 4.79 Å². The van der Waals surface area contributed by atoms with Gasteiger partial charge in [0.05, 0.1) is 12.1 Å². The molecule has 0 bridgehead atoms. The van der Waals surface area contributed by atoms with Crippen molar-refractivity contribution < 1.29 is 14.3 Å². The number of aromatic nitrogens is 2. The van der Waals surface area contributed by atoms with Gasteiger partial charge in [0.25, 0.3) is 5.91 Å². The molecule has 2 aliphatic rings. The summed E-state index contributed by atoms with van der Waals surface area (Å²) >= 11 is 0. The van der Waals surface area contributed by atoms with Crippen molar-refractivity contribution in [3.05, 3.63) is 30.0 Å². The standard InChI is InChI=1S/C22H31N5O3/c1-2-30-22(29)26-12-9-17(10-13-26)27-11-5-6-16(15-27)14-23-21(28)20-18-7-3-4-8-19(18)24-25-20/h3-4,7-8,16-17H,2,5-6,9-15H2,1H3,(H,23,28)(H,24,25). The summed E-state index contributed by atoms with van der Waals surface area (Å²) in [6, 6.07) is 8.19. The van der Waals surface area contributed by atoms with Crippen LogP contribution in [0.15, 0.2) is 24.3 Å². The molecular formula is C22H31N5O3. The number of para-hydroxylation sites is 1. The fourth-order valence-corrected chi connectivity index (χ4v) is 4.68. The lowest BCUT2D eigenvalue weighted by molar-refractivity contribution is 0.0573.